The molecule has 1 unspecified atom stereocenters. The van der Waals surface area contributed by atoms with Gasteiger partial charge in [0.15, 0.2) is 0 Å². The number of nitrogens with one attached hydrogen (secondary N) is 1. The average molecular weight is 730 g/mol. The molecule has 0 saturated heterocycles. The molecule has 2 aromatic carbocycles. The zero-order chi connectivity index (χ0) is 38.6. The first kappa shape index (κ1) is 41.6. The minimum atomic E-state index is -5.05. The van der Waals surface area contributed by atoms with Gasteiger partial charge in [0.05, 0.1) is 36.2 Å². The molecular formula is C37H49F6N3O5. The standard InChI is InChI=1S/C37H49F6N3O5/c1-24(25-20-27(36(38,39)40)22-28(21-25)37(41,42)43)31(48)44-35(26-12-10-9-11-13-26)16-14-29(15-17-35)45(23-30(47)50-8)18-19-46(33(2,3)4)32(49)51-34(5,6)7/h9-13,20-22,24,29H,14-19,23H2,1-8H3,(H,44,48). The van der Waals surface area contributed by atoms with Crippen molar-refractivity contribution in [3.63, 3.8) is 0 Å². The van der Waals surface area contributed by atoms with Gasteiger partial charge in [-0.15, -0.1) is 0 Å². The van der Waals surface area contributed by atoms with Crippen molar-refractivity contribution in [2.24, 2.45) is 0 Å². The predicted molar refractivity (Wildman–Crippen MR) is 180 cm³/mol. The lowest BCUT2D eigenvalue weighted by molar-refractivity contribution is -0.144. The molecule has 0 heterocycles. The van der Waals surface area contributed by atoms with Crippen molar-refractivity contribution in [3.8, 4) is 0 Å². The third-order valence-corrected chi connectivity index (χ3v) is 9.11. The fraction of sp³-hybridized carbons (Fsp3) is 0.595. The van der Waals surface area contributed by atoms with Crippen LogP contribution in [0.25, 0.3) is 0 Å². The Morgan fingerprint density at radius 3 is 1.84 bits per heavy atom. The number of hydrogen-bond acceptors (Lipinski definition) is 6. The van der Waals surface area contributed by atoms with Crippen LogP contribution in [0, 0.1) is 0 Å². The summed E-state index contributed by atoms with van der Waals surface area (Å²) in [6.07, 6.45) is -8.98. The number of alkyl halides is 6. The van der Waals surface area contributed by atoms with E-state index in [1.807, 2.05) is 37.8 Å². The minimum Gasteiger partial charge on any atom is -0.468 e. The van der Waals surface area contributed by atoms with Crippen molar-refractivity contribution in [2.75, 3.05) is 26.7 Å². The third kappa shape index (κ3) is 11.3. The van der Waals surface area contributed by atoms with Gasteiger partial charge in [0.25, 0.3) is 0 Å². The van der Waals surface area contributed by atoms with Gasteiger partial charge in [-0.3, -0.25) is 14.5 Å². The highest BCUT2D eigenvalue weighted by molar-refractivity contribution is 5.84. The molecule has 3 rings (SSSR count). The Balaban J connectivity index is 1.89. The van der Waals surface area contributed by atoms with Crippen LogP contribution in [0.3, 0.4) is 0 Å². The number of ether oxygens (including phenoxy) is 2. The summed E-state index contributed by atoms with van der Waals surface area (Å²) in [6.45, 7) is 12.7. The topological polar surface area (TPSA) is 88.2 Å². The molecule has 1 aliphatic carbocycles. The summed E-state index contributed by atoms with van der Waals surface area (Å²) in [5, 5.41) is 3.00. The summed E-state index contributed by atoms with van der Waals surface area (Å²) in [7, 11) is 1.28. The number of amides is 2. The first-order valence-corrected chi connectivity index (χ1v) is 16.8. The number of carbonyl (C=O) groups excluding carboxylic acids is 3. The Hall–Kier alpha value is -3.81. The van der Waals surface area contributed by atoms with Gasteiger partial charge < -0.3 is 19.7 Å². The molecular weight excluding hydrogens is 680 g/mol. The molecule has 8 nitrogen and oxygen atoms in total. The maximum Gasteiger partial charge on any atom is 0.416 e. The largest absolute Gasteiger partial charge is 0.468 e. The lowest BCUT2D eigenvalue weighted by atomic mass is 9.74. The maximum absolute atomic E-state index is 13.8. The van der Waals surface area contributed by atoms with E-state index in [0.717, 1.165) is 5.56 Å². The summed E-state index contributed by atoms with van der Waals surface area (Å²) in [6, 6.07) is 9.98. The van der Waals surface area contributed by atoms with E-state index in [9.17, 15) is 40.7 Å². The molecule has 0 bridgehead atoms. The molecule has 0 aromatic heterocycles. The number of nitrogens with zero attached hydrogens (tertiary/aromatic N) is 2. The predicted octanol–water partition coefficient (Wildman–Crippen LogP) is 8.29. The Labute approximate surface area is 295 Å². The number of rotatable bonds is 10. The van der Waals surface area contributed by atoms with Crippen LogP contribution in [-0.4, -0.2) is 71.7 Å². The van der Waals surface area contributed by atoms with E-state index in [1.54, 1.807) is 43.9 Å². The van der Waals surface area contributed by atoms with Gasteiger partial charge in [-0.05, 0) is 103 Å². The number of esters is 1. The summed E-state index contributed by atoms with van der Waals surface area (Å²) in [5.41, 5.74) is -4.99. The quantitative estimate of drug-likeness (QED) is 0.196. The van der Waals surface area contributed by atoms with E-state index in [1.165, 1.54) is 14.0 Å². The van der Waals surface area contributed by atoms with Crippen LogP contribution in [0.2, 0.25) is 0 Å². The van der Waals surface area contributed by atoms with Gasteiger partial charge in [0.2, 0.25) is 5.91 Å². The summed E-state index contributed by atoms with van der Waals surface area (Å²) in [4.78, 5) is 43.0. The normalized spacial score (nSPS) is 19.3. The second-order valence-corrected chi connectivity index (χ2v) is 15.1. The Morgan fingerprint density at radius 2 is 1.39 bits per heavy atom. The van der Waals surface area contributed by atoms with E-state index in [2.05, 4.69) is 5.32 Å². The van der Waals surface area contributed by atoms with Crippen molar-refractivity contribution >= 4 is 18.0 Å². The van der Waals surface area contributed by atoms with E-state index in [4.69, 9.17) is 9.47 Å². The molecule has 1 aliphatic rings. The van der Waals surface area contributed by atoms with Crippen molar-refractivity contribution in [1.82, 2.24) is 15.1 Å². The van der Waals surface area contributed by atoms with Crippen LogP contribution in [-0.2, 0) is 37.0 Å². The Kier molecular flexibility index (Phi) is 12.9. The Morgan fingerprint density at radius 1 is 0.863 bits per heavy atom. The molecule has 1 N–H and O–H groups in total. The van der Waals surface area contributed by atoms with E-state index >= 15 is 0 Å². The lowest BCUT2D eigenvalue weighted by Gasteiger charge is -2.45. The van der Waals surface area contributed by atoms with Crippen LogP contribution < -0.4 is 5.32 Å². The van der Waals surface area contributed by atoms with Crippen LogP contribution in [0.5, 0.6) is 0 Å². The second-order valence-electron chi connectivity index (χ2n) is 15.1. The molecule has 1 fully saturated rings. The van der Waals surface area contributed by atoms with E-state index < -0.39 is 69.6 Å². The van der Waals surface area contributed by atoms with Gasteiger partial charge in [0.1, 0.15) is 5.60 Å². The minimum absolute atomic E-state index is 0.0369. The van der Waals surface area contributed by atoms with Crippen molar-refractivity contribution in [3.05, 3.63) is 70.8 Å². The SMILES string of the molecule is COC(=O)CN(CCN(C(=O)OC(C)(C)C)C(C)(C)C)C1CCC(NC(=O)C(C)c2cc(C(F)(F)F)cc(C(F)(F)F)c2)(c2ccccc2)CC1. The third-order valence-electron chi connectivity index (χ3n) is 9.11. The summed E-state index contributed by atoms with van der Waals surface area (Å²) < 4.78 is 92.2. The van der Waals surface area contributed by atoms with Gasteiger partial charge in [-0.1, -0.05) is 30.3 Å². The zero-order valence-corrected chi connectivity index (χ0v) is 30.4. The number of halogens is 6. The average Bonchev–Trinajstić information content (AvgIpc) is 3.02. The van der Waals surface area contributed by atoms with Gasteiger partial charge >= 0.3 is 24.4 Å². The highest BCUT2D eigenvalue weighted by Gasteiger charge is 2.42. The molecule has 0 spiro atoms. The first-order valence-electron chi connectivity index (χ1n) is 16.8. The summed E-state index contributed by atoms with van der Waals surface area (Å²) >= 11 is 0. The smallest absolute Gasteiger partial charge is 0.416 e. The van der Waals surface area contributed by atoms with Crippen LogP contribution in [0.4, 0.5) is 31.1 Å². The summed E-state index contributed by atoms with van der Waals surface area (Å²) in [5.74, 6) is -2.55. The molecule has 0 aliphatic heterocycles. The number of methoxy groups -OCH3 is 1. The highest BCUT2D eigenvalue weighted by atomic mass is 19.4. The van der Waals surface area contributed by atoms with E-state index in [0.29, 0.717) is 44.4 Å². The Bertz CT molecular complexity index is 1480. The number of hydrogen-bond donors (Lipinski definition) is 1. The highest BCUT2D eigenvalue weighted by Crippen LogP contribution is 2.41. The lowest BCUT2D eigenvalue weighted by Crippen LogP contribution is -2.55. The fourth-order valence-corrected chi connectivity index (χ4v) is 6.30. The fourth-order valence-electron chi connectivity index (χ4n) is 6.30. The number of benzene rings is 2. The first-order chi connectivity index (χ1) is 23.4. The monoisotopic (exact) mass is 729 g/mol. The molecule has 1 atom stereocenters. The molecule has 51 heavy (non-hydrogen) atoms. The van der Waals surface area contributed by atoms with Crippen LogP contribution >= 0.6 is 0 Å². The molecule has 0 radical (unpaired) electrons. The van der Waals surface area contributed by atoms with Gasteiger partial charge in [-0.25, -0.2) is 4.79 Å². The van der Waals surface area contributed by atoms with Gasteiger partial charge in [-0.2, -0.15) is 26.3 Å². The zero-order valence-electron chi connectivity index (χ0n) is 30.4. The van der Waals surface area contributed by atoms with Gasteiger partial charge in [0, 0.05) is 24.7 Å². The van der Waals surface area contributed by atoms with E-state index in [-0.39, 0.29) is 25.2 Å². The maximum atomic E-state index is 13.8. The molecule has 14 heteroatoms. The van der Waals surface area contributed by atoms with Crippen molar-refractivity contribution in [2.45, 2.75) is 115 Å². The molecule has 284 valence electrons. The number of carbonyl (C=O) groups is 3. The second kappa shape index (κ2) is 15.8. The molecule has 2 aromatic rings. The molecule has 1 saturated carbocycles. The van der Waals surface area contributed by atoms with Crippen molar-refractivity contribution < 1.29 is 50.2 Å². The van der Waals surface area contributed by atoms with Crippen LogP contribution in [0.1, 0.15) is 102 Å². The van der Waals surface area contributed by atoms with Crippen LogP contribution in [0.15, 0.2) is 48.5 Å². The molecule has 2 amide bonds. The van der Waals surface area contributed by atoms with Crippen molar-refractivity contribution in [1.29, 1.82) is 0 Å².